The van der Waals surface area contributed by atoms with Crippen LogP contribution in [0.3, 0.4) is 0 Å². The molecule has 184 valence electrons. The number of hydrogen-bond acceptors (Lipinski definition) is 4. The van der Waals surface area contributed by atoms with E-state index in [-0.39, 0.29) is 17.6 Å². The van der Waals surface area contributed by atoms with Crippen LogP contribution in [0.4, 0.5) is 5.69 Å². The molecule has 1 saturated heterocycles. The highest BCUT2D eigenvalue weighted by atomic mass is 32.2. The second kappa shape index (κ2) is 12.0. The van der Waals surface area contributed by atoms with Crippen LogP contribution in [0, 0.1) is 0 Å². The Kier molecular flexibility index (Phi) is 8.55. The minimum atomic E-state index is -3.34. The van der Waals surface area contributed by atoms with Gasteiger partial charge in [-0.25, -0.2) is 8.42 Å². The second-order valence-electron chi connectivity index (χ2n) is 8.82. The van der Waals surface area contributed by atoms with Crippen LogP contribution in [0.25, 0.3) is 0 Å². The molecule has 0 radical (unpaired) electrons. The summed E-state index contributed by atoms with van der Waals surface area (Å²) in [4.78, 5) is 14.9. The lowest BCUT2D eigenvalue weighted by Gasteiger charge is -2.35. The summed E-state index contributed by atoms with van der Waals surface area (Å²) in [6.07, 6.45) is 0.719. The van der Waals surface area contributed by atoms with E-state index in [1.807, 2.05) is 91.0 Å². The molecule has 0 spiro atoms. The van der Waals surface area contributed by atoms with Crippen molar-refractivity contribution in [1.29, 1.82) is 0 Å². The third-order valence-electron chi connectivity index (χ3n) is 6.45. The summed E-state index contributed by atoms with van der Waals surface area (Å²) in [6.45, 7) is 2.68. The first-order valence-corrected chi connectivity index (χ1v) is 13.8. The molecular formula is C28H33N3O3S. The van der Waals surface area contributed by atoms with Gasteiger partial charge < -0.3 is 10.2 Å². The number of carbonyl (C=O) groups excluding carboxylic acids is 1. The fraction of sp³-hybridized carbons (Fsp3) is 0.321. The molecular weight excluding hydrogens is 458 g/mol. The SMILES string of the molecule is O=C(CC(c1ccccc1)c1ccccc1)NCCCS(=O)(=O)N1CCN(c2ccccc2)CC1. The van der Waals surface area contributed by atoms with Gasteiger partial charge >= 0.3 is 0 Å². The maximum absolute atomic E-state index is 12.8. The number of sulfonamides is 1. The molecule has 3 aromatic rings. The molecule has 1 N–H and O–H groups in total. The van der Waals surface area contributed by atoms with E-state index in [2.05, 4.69) is 10.2 Å². The van der Waals surface area contributed by atoms with Gasteiger partial charge in [0.05, 0.1) is 5.75 Å². The van der Waals surface area contributed by atoms with Crippen LogP contribution < -0.4 is 10.2 Å². The number of piperazine rings is 1. The van der Waals surface area contributed by atoms with Crippen molar-refractivity contribution in [3.8, 4) is 0 Å². The van der Waals surface area contributed by atoms with Crippen molar-refractivity contribution < 1.29 is 13.2 Å². The number of amides is 1. The number of hydrogen-bond donors (Lipinski definition) is 1. The van der Waals surface area contributed by atoms with Crippen LogP contribution in [-0.4, -0.2) is 57.1 Å². The van der Waals surface area contributed by atoms with E-state index >= 15 is 0 Å². The van der Waals surface area contributed by atoms with Crippen LogP contribution >= 0.6 is 0 Å². The predicted molar refractivity (Wildman–Crippen MR) is 141 cm³/mol. The van der Waals surface area contributed by atoms with Crippen LogP contribution in [0.1, 0.15) is 29.9 Å². The van der Waals surface area contributed by atoms with Crippen molar-refractivity contribution in [2.24, 2.45) is 0 Å². The van der Waals surface area contributed by atoms with Crippen LogP contribution in [-0.2, 0) is 14.8 Å². The lowest BCUT2D eigenvalue weighted by atomic mass is 9.88. The van der Waals surface area contributed by atoms with E-state index in [1.165, 1.54) is 0 Å². The monoisotopic (exact) mass is 491 g/mol. The zero-order chi connectivity index (χ0) is 24.5. The summed E-state index contributed by atoms with van der Waals surface area (Å²) in [5.74, 6) is -0.0713. The summed E-state index contributed by atoms with van der Waals surface area (Å²) < 4.78 is 27.2. The Labute approximate surface area is 208 Å². The number of nitrogens with zero attached hydrogens (tertiary/aromatic N) is 2. The van der Waals surface area contributed by atoms with Gasteiger partial charge in [-0.2, -0.15) is 4.31 Å². The smallest absolute Gasteiger partial charge is 0.220 e. The maximum Gasteiger partial charge on any atom is 0.220 e. The molecule has 0 aromatic heterocycles. The fourth-order valence-corrected chi connectivity index (χ4v) is 6.02. The lowest BCUT2D eigenvalue weighted by Crippen LogP contribution is -2.49. The first-order chi connectivity index (χ1) is 17.0. The topological polar surface area (TPSA) is 69.7 Å². The molecule has 35 heavy (non-hydrogen) atoms. The number of benzene rings is 3. The Hall–Kier alpha value is -3.16. The Bertz CT molecular complexity index is 1120. The average Bonchev–Trinajstić information content (AvgIpc) is 2.91. The highest BCUT2D eigenvalue weighted by Gasteiger charge is 2.26. The highest BCUT2D eigenvalue weighted by Crippen LogP contribution is 2.27. The van der Waals surface area contributed by atoms with Gasteiger partial charge in [0.2, 0.25) is 15.9 Å². The predicted octanol–water partition coefficient (Wildman–Crippen LogP) is 3.87. The Morgan fingerprint density at radius 3 is 1.83 bits per heavy atom. The van der Waals surface area contributed by atoms with Gasteiger partial charge in [0.15, 0.2) is 0 Å². The third-order valence-corrected chi connectivity index (χ3v) is 8.40. The maximum atomic E-state index is 12.8. The molecule has 0 saturated carbocycles. The molecule has 0 bridgehead atoms. The zero-order valence-electron chi connectivity index (χ0n) is 19.9. The van der Waals surface area contributed by atoms with Crippen LogP contribution in [0.5, 0.6) is 0 Å². The van der Waals surface area contributed by atoms with E-state index in [0.29, 0.717) is 45.6 Å². The first kappa shape index (κ1) is 24.9. The molecule has 1 aliphatic rings. The summed E-state index contributed by atoms with van der Waals surface area (Å²) in [5.41, 5.74) is 3.30. The molecule has 1 fully saturated rings. The Balaban J connectivity index is 1.24. The Morgan fingerprint density at radius 1 is 0.771 bits per heavy atom. The molecule has 0 unspecified atom stereocenters. The molecule has 1 amide bonds. The summed E-state index contributed by atoms with van der Waals surface area (Å²) in [5, 5.41) is 2.93. The van der Waals surface area contributed by atoms with Crippen molar-refractivity contribution in [2.45, 2.75) is 18.8 Å². The lowest BCUT2D eigenvalue weighted by molar-refractivity contribution is -0.121. The zero-order valence-corrected chi connectivity index (χ0v) is 20.7. The number of carbonyl (C=O) groups is 1. The molecule has 0 aliphatic carbocycles. The van der Waals surface area contributed by atoms with E-state index in [4.69, 9.17) is 0 Å². The molecule has 3 aromatic carbocycles. The van der Waals surface area contributed by atoms with Crippen LogP contribution in [0.15, 0.2) is 91.0 Å². The largest absolute Gasteiger partial charge is 0.369 e. The molecule has 1 heterocycles. The van der Waals surface area contributed by atoms with Gasteiger partial charge in [0.1, 0.15) is 0 Å². The van der Waals surface area contributed by atoms with E-state index in [9.17, 15) is 13.2 Å². The van der Waals surface area contributed by atoms with Crippen molar-refractivity contribution in [2.75, 3.05) is 43.4 Å². The normalized spacial score (nSPS) is 14.7. The average molecular weight is 492 g/mol. The molecule has 1 aliphatic heterocycles. The van der Waals surface area contributed by atoms with Gasteiger partial charge in [-0.1, -0.05) is 78.9 Å². The van der Waals surface area contributed by atoms with E-state index < -0.39 is 10.0 Å². The van der Waals surface area contributed by atoms with E-state index in [1.54, 1.807) is 4.31 Å². The molecule has 4 rings (SSSR count). The third kappa shape index (κ3) is 6.93. The minimum absolute atomic E-state index is 0.0398. The number of anilines is 1. The van der Waals surface area contributed by atoms with Gasteiger partial charge in [-0.3, -0.25) is 4.79 Å². The van der Waals surface area contributed by atoms with Crippen molar-refractivity contribution >= 4 is 21.6 Å². The number of para-hydroxylation sites is 1. The number of rotatable bonds is 10. The van der Waals surface area contributed by atoms with Crippen molar-refractivity contribution in [1.82, 2.24) is 9.62 Å². The molecule has 0 atom stereocenters. The summed E-state index contributed by atoms with van der Waals surface area (Å²) in [6, 6.07) is 30.1. The van der Waals surface area contributed by atoms with Crippen molar-refractivity contribution in [3.63, 3.8) is 0 Å². The fourth-order valence-electron chi connectivity index (χ4n) is 4.53. The van der Waals surface area contributed by atoms with Crippen LogP contribution in [0.2, 0.25) is 0 Å². The van der Waals surface area contributed by atoms with Gasteiger partial charge in [0, 0.05) is 50.7 Å². The summed E-state index contributed by atoms with van der Waals surface area (Å²) in [7, 11) is -3.34. The minimum Gasteiger partial charge on any atom is -0.369 e. The van der Waals surface area contributed by atoms with E-state index in [0.717, 1.165) is 16.8 Å². The highest BCUT2D eigenvalue weighted by molar-refractivity contribution is 7.89. The van der Waals surface area contributed by atoms with Gasteiger partial charge in [-0.05, 0) is 29.7 Å². The molecule has 7 heteroatoms. The molecule has 6 nitrogen and oxygen atoms in total. The standard InChI is InChI=1S/C28H33N3O3S/c32-28(23-27(24-11-4-1-5-12-24)25-13-6-2-7-14-25)29-17-10-22-35(33,34)31-20-18-30(19-21-31)26-15-8-3-9-16-26/h1-9,11-16,27H,10,17-23H2,(H,29,32). The van der Waals surface area contributed by atoms with Gasteiger partial charge in [-0.15, -0.1) is 0 Å². The Morgan fingerprint density at radius 2 is 1.29 bits per heavy atom. The van der Waals surface area contributed by atoms with Crippen molar-refractivity contribution in [3.05, 3.63) is 102 Å². The number of nitrogens with one attached hydrogen (secondary N) is 1. The summed E-state index contributed by atoms with van der Waals surface area (Å²) >= 11 is 0. The second-order valence-corrected chi connectivity index (χ2v) is 10.9. The first-order valence-electron chi connectivity index (χ1n) is 12.2. The van der Waals surface area contributed by atoms with Gasteiger partial charge in [0.25, 0.3) is 0 Å². The quantitative estimate of drug-likeness (QED) is 0.437.